The molecule has 1 atom stereocenters. The topological polar surface area (TPSA) is 90.4 Å². The zero-order valence-corrected chi connectivity index (χ0v) is 21.2. The SMILES string of the molecule is CC[C@@H](C)NC(=O)c1ccc2c(=O)n(CCC(C)C)c3nn(Cc4ccc(Cl)cc4)c(=O)n3c2c1. The summed E-state index contributed by atoms with van der Waals surface area (Å²) in [5.41, 5.74) is 1.00. The van der Waals surface area contributed by atoms with Crippen LogP contribution in [0.4, 0.5) is 0 Å². The molecule has 2 aromatic carbocycles. The van der Waals surface area contributed by atoms with E-state index < -0.39 is 0 Å². The molecule has 184 valence electrons. The molecule has 0 bridgehead atoms. The average Bonchev–Trinajstić information content (AvgIpc) is 3.15. The minimum absolute atomic E-state index is 0.00657. The largest absolute Gasteiger partial charge is 0.352 e. The fourth-order valence-corrected chi connectivity index (χ4v) is 4.05. The standard InChI is InChI=1S/C26H30ClN5O3/c1-5-17(4)28-23(33)19-8-11-21-22(14-19)32-25(30(24(21)34)13-12-16(2)3)29-31(26(32)35)15-18-6-9-20(27)10-7-18/h6-11,14,16-17H,5,12-13,15H2,1-4H3,(H,28,33)/t17-/m1/s1. The number of amides is 1. The van der Waals surface area contributed by atoms with E-state index in [9.17, 15) is 14.4 Å². The molecule has 0 aliphatic carbocycles. The summed E-state index contributed by atoms with van der Waals surface area (Å²) < 4.78 is 4.34. The number of carbonyl (C=O) groups is 1. The van der Waals surface area contributed by atoms with Crippen LogP contribution in [0.15, 0.2) is 52.1 Å². The first-order valence-electron chi connectivity index (χ1n) is 11.9. The highest BCUT2D eigenvalue weighted by atomic mass is 35.5. The van der Waals surface area contributed by atoms with Crippen LogP contribution < -0.4 is 16.6 Å². The number of benzene rings is 2. The van der Waals surface area contributed by atoms with Gasteiger partial charge in [-0.05, 0) is 61.6 Å². The van der Waals surface area contributed by atoms with Crippen LogP contribution in [0.3, 0.4) is 0 Å². The van der Waals surface area contributed by atoms with Crippen LogP contribution in [0.5, 0.6) is 0 Å². The molecule has 0 fully saturated rings. The maximum atomic E-state index is 13.5. The van der Waals surface area contributed by atoms with Gasteiger partial charge in [-0.3, -0.25) is 14.2 Å². The molecular formula is C26H30ClN5O3. The van der Waals surface area contributed by atoms with Crippen LogP contribution in [0, 0.1) is 5.92 Å². The number of fused-ring (bicyclic) bond motifs is 3. The Kier molecular flexibility index (Phi) is 7.12. The van der Waals surface area contributed by atoms with E-state index in [4.69, 9.17) is 11.6 Å². The van der Waals surface area contributed by atoms with Crippen LogP contribution in [0.2, 0.25) is 5.02 Å². The molecule has 4 aromatic rings. The van der Waals surface area contributed by atoms with E-state index in [-0.39, 0.29) is 35.5 Å². The predicted octanol–water partition coefficient (Wildman–Crippen LogP) is 4.09. The highest BCUT2D eigenvalue weighted by Gasteiger charge is 2.19. The minimum Gasteiger partial charge on any atom is -0.350 e. The van der Waals surface area contributed by atoms with E-state index in [2.05, 4.69) is 24.3 Å². The van der Waals surface area contributed by atoms with Crippen molar-refractivity contribution in [3.05, 3.63) is 79.5 Å². The molecule has 0 saturated heterocycles. The van der Waals surface area contributed by atoms with Crippen LogP contribution in [0.1, 0.15) is 56.5 Å². The molecule has 0 aliphatic rings. The molecule has 0 radical (unpaired) electrons. The van der Waals surface area contributed by atoms with E-state index >= 15 is 0 Å². The second-order valence-electron chi connectivity index (χ2n) is 9.36. The number of nitrogens with zero attached hydrogens (tertiary/aromatic N) is 4. The number of halogens is 1. The van der Waals surface area contributed by atoms with E-state index in [1.54, 1.807) is 34.9 Å². The molecular weight excluding hydrogens is 466 g/mol. The Morgan fingerprint density at radius 1 is 1.09 bits per heavy atom. The monoisotopic (exact) mass is 495 g/mol. The Balaban J connectivity index is 1.92. The highest BCUT2D eigenvalue weighted by Crippen LogP contribution is 2.16. The summed E-state index contributed by atoms with van der Waals surface area (Å²) >= 11 is 6.00. The van der Waals surface area contributed by atoms with Gasteiger partial charge in [0.1, 0.15) is 0 Å². The van der Waals surface area contributed by atoms with E-state index in [1.807, 2.05) is 26.0 Å². The average molecular weight is 496 g/mol. The van der Waals surface area contributed by atoms with Crippen LogP contribution >= 0.6 is 11.6 Å². The zero-order valence-electron chi connectivity index (χ0n) is 20.4. The van der Waals surface area contributed by atoms with Gasteiger partial charge in [0.2, 0.25) is 5.78 Å². The Labute approximate surface area is 208 Å². The molecule has 0 spiro atoms. The van der Waals surface area contributed by atoms with Gasteiger partial charge in [0.05, 0.1) is 17.4 Å². The number of aryl methyl sites for hydroxylation is 1. The summed E-state index contributed by atoms with van der Waals surface area (Å²) in [5.74, 6) is 0.383. The molecule has 9 heteroatoms. The second-order valence-corrected chi connectivity index (χ2v) is 9.79. The quantitative estimate of drug-likeness (QED) is 0.398. The molecule has 0 saturated carbocycles. The van der Waals surface area contributed by atoms with E-state index in [1.165, 1.54) is 9.08 Å². The predicted molar refractivity (Wildman–Crippen MR) is 138 cm³/mol. The van der Waals surface area contributed by atoms with Gasteiger partial charge in [0.15, 0.2) is 0 Å². The maximum Gasteiger partial charge on any atom is 0.352 e. The highest BCUT2D eigenvalue weighted by molar-refractivity contribution is 6.30. The summed E-state index contributed by atoms with van der Waals surface area (Å²) in [6.45, 7) is 8.74. The Hall–Kier alpha value is -3.39. The van der Waals surface area contributed by atoms with Gasteiger partial charge in [0.25, 0.3) is 11.5 Å². The Morgan fingerprint density at radius 2 is 1.80 bits per heavy atom. The maximum absolute atomic E-state index is 13.5. The number of hydrogen-bond donors (Lipinski definition) is 1. The van der Waals surface area contributed by atoms with Gasteiger partial charge in [-0.25, -0.2) is 13.9 Å². The van der Waals surface area contributed by atoms with Gasteiger partial charge in [0, 0.05) is 23.2 Å². The van der Waals surface area contributed by atoms with E-state index in [0.717, 1.165) is 18.4 Å². The zero-order chi connectivity index (χ0) is 25.3. The molecule has 8 nitrogen and oxygen atoms in total. The molecule has 2 heterocycles. The molecule has 2 aromatic heterocycles. The number of nitrogens with one attached hydrogen (secondary N) is 1. The van der Waals surface area contributed by atoms with Crippen molar-refractivity contribution in [1.29, 1.82) is 0 Å². The van der Waals surface area contributed by atoms with Gasteiger partial charge in [-0.15, -0.1) is 5.10 Å². The number of rotatable bonds is 8. The smallest absolute Gasteiger partial charge is 0.350 e. The first-order chi connectivity index (χ1) is 16.7. The van der Waals surface area contributed by atoms with Crippen molar-refractivity contribution in [2.24, 2.45) is 5.92 Å². The van der Waals surface area contributed by atoms with Crippen LogP contribution in [-0.4, -0.2) is 30.7 Å². The summed E-state index contributed by atoms with van der Waals surface area (Å²) in [6, 6.07) is 12.0. The molecule has 1 N–H and O–H groups in total. The normalized spacial score (nSPS) is 12.5. The van der Waals surface area contributed by atoms with Gasteiger partial charge >= 0.3 is 5.69 Å². The Bertz CT molecular complexity index is 1500. The van der Waals surface area contributed by atoms with Crippen molar-refractivity contribution in [1.82, 2.24) is 24.1 Å². The number of hydrogen-bond acceptors (Lipinski definition) is 4. The fourth-order valence-electron chi connectivity index (χ4n) is 3.92. The van der Waals surface area contributed by atoms with Crippen molar-refractivity contribution in [3.8, 4) is 0 Å². The van der Waals surface area contributed by atoms with Crippen LogP contribution in [0.25, 0.3) is 16.7 Å². The lowest BCUT2D eigenvalue weighted by atomic mass is 10.1. The first kappa shape index (κ1) is 24.7. The lowest BCUT2D eigenvalue weighted by molar-refractivity contribution is 0.0939. The lowest BCUT2D eigenvalue weighted by Gasteiger charge is -2.13. The van der Waals surface area contributed by atoms with Crippen molar-refractivity contribution in [2.45, 2.75) is 59.7 Å². The van der Waals surface area contributed by atoms with Crippen LogP contribution in [-0.2, 0) is 13.1 Å². The Morgan fingerprint density at radius 3 is 2.46 bits per heavy atom. The van der Waals surface area contributed by atoms with Crippen molar-refractivity contribution in [3.63, 3.8) is 0 Å². The van der Waals surface area contributed by atoms with Crippen molar-refractivity contribution in [2.75, 3.05) is 0 Å². The molecule has 4 rings (SSSR count). The minimum atomic E-state index is -0.377. The van der Waals surface area contributed by atoms with Gasteiger partial charge < -0.3 is 5.32 Å². The summed E-state index contributed by atoms with van der Waals surface area (Å²) in [4.78, 5) is 39.8. The lowest BCUT2D eigenvalue weighted by Crippen LogP contribution is -2.32. The third kappa shape index (κ3) is 5.03. The summed E-state index contributed by atoms with van der Waals surface area (Å²) in [5, 5.41) is 8.46. The molecule has 35 heavy (non-hydrogen) atoms. The number of aromatic nitrogens is 4. The van der Waals surface area contributed by atoms with E-state index in [0.29, 0.717) is 34.0 Å². The fraction of sp³-hybridized carbons (Fsp3) is 0.385. The van der Waals surface area contributed by atoms with Gasteiger partial charge in [-0.1, -0.05) is 44.5 Å². The third-order valence-electron chi connectivity index (χ3n) is 6.21. The molecule has 1 amide bonds. The second kappa shape index (κ2) is 10.1. The van der Waals surface area contributed by atoms with Crippen molar-refractivity contribution < 1.29 is 4.79 Å². The summed E-state index contributed by atoms with van der Waals surface area (Å²) in [7, 11) is 0. The third-order valence-corrected chi connectivity index (χ3v) is 6.46. The summed E-state index contributed by atoms with van der Waals surface area (Å²) in [6.07, 6.45) is 1.55. The first-order valence-corrected chi connectivity index (χ1v) is 12.3. The molecule has 0 unspecified atom stereocenters. The molecule has 0 aliphatic heterocycles. The van der Waals surface area contributed by atoms with Crippen molar-refractivity contribution >= 4 is 34.2 Å². The number of carbonyl (C=O) groups excluding carboxylic acids is 1. The van der Waals surface area contributed by atoms with Gasteiger partial charge in [-0.2, -0.15) is 0 Å².